The molecule has 1 saturated heterocycles. The van der Waals surface area contributed by atoms with Crippen LogP contribution in [0.15, 0.2) is 24.3 Å². The van der Waals surface area contributed by atoms with E-state index in [0.717, 1.165) is 30.2 Å². The molecule has 1 aromatic carbocycles. The van der Waals surface area contributed by atoms with Gasteiger partial charge in [0.05, 0.1) is 5.60 Å². The second-order valence-electron chi connectivity index (χ2n) is 4.99. The molecule has 0 spiro atoms. The van der Waals surface area contributed by atoms with Gasteiger partial charge in [-0.2, -0.15) is 0 Å². The molecule has 1 aliphatic heterocycles. The quantitative estimate of drug-likeness (QED) is 0.877. The van der Waals surface area contributed by atoms with Gasteiger partial charge in [0.1, 0.15) is 0 Å². The highest BCUT2D eigenvalue weighted by Gasteiger charge is 2.43. The van der Waals surface area contributed by atoms with E-state index in [0.29, 0.717) is 5.92 Å². The van der Waals surface area contributed by atoms with Crippen molar-refractivity contribution in [3.8, 4) is 0 Å². The first-order valence-electron chi connectivity index (χ1n) is 5.69. The summed E-state index contributed by atoms with van der Waals surface area (Å²) in [5, 5.41) is 10.9. The van der Waals surface area contributed by atoms with Crippen LogP contribution in [-0.2, 0) is 6.54 Å². The van der Waals surface area contributed by atoms with E-state index in [9.17, 15) is 5.11 Å². The van der Waals surface area contributed by atoms with Gasteiger partial charge < -0.3 is 5.11 Å². The van der Waals surface area contributed by atoms with E-state index in [4.69, 9.17) is 11.6 Å². The van der Waals surface area contributed by atoms with E-state index >= 15 is 0 Å². The molecule has 0 unspecified atom stereocenters. The van der Waals surface area contributed by atoms with Crippen LogP contribution in [-0.4, -0.2) is 28.7 Å². The molecule has 1 N–H and O–H groups in total. The van der Waals surface area contributed by atoms with Gasteiger partial charge in [-0.25, -0.2) is 0 Å². The number of benzene rings is 1. The van der Waals surface area contributed by atoms with Gasteiger partial charge in [-0.05, 0) is 17.5 Å². The molecule has 0 atom stereocenters. The Kier molecular flexibility index (Phi) is 3.24. The van der Waals surface area contributed by atoms with E-state index in [-0.39, 0.29) is 0 Å². The van der Waals surface area contributed by atoms with Crippen molar-refractivity contribution in [3.05, 3.63) is 34.9 Å². The van der Waals surface area contributed by atoms with Crippen LogP contribution in [0.5, 0.6) is 0 Å². The lowest BCUT2D eigenvalue weighted by molar-refractivity contribution is -0.130. The van der Waals surface area contributed by atoms with Gasteiger partial charge in [0, 0.05) is 24.7 Å². The van der Waals surface area contributed by atoms with E-state index in [2.05, 4.69) is 18.7 Å². The first kappa shape index (κ1) is 11.9. The highest BCUT2D eigenvalue weighted by Crippen LogP contribution is 2.30. The Morgan fingerprint density at radius 2 is 2.00 bits per heavy atom. The predicted octanol–water partition coefficient (Wildman–Crippen LogP) is 2.54. The maximum Gasteiger partial charge on any atom is 0.0923 e. The number of β-amino-alcohol motifs (C(OH)–C–C–N with tert-alkyl or cyclic N) is 1. The summed E-state index contributed by atoms with van der Waals surface area (Å²) in [4.78, 5) is 2.22. The van der Waals surface area contributed by atoms with Crippen LogP contribution < -0.4 is 0 Å². The van der Waals surface area contributed by atoms with Crippen LogP contribution in [0, 0.1) is 5.92 Å². The summed E-state index contributed by atoms with van der Waals surface area (Å²) in [7, 11) is 0. The summed E-state index contributed by atoms with van der Waals surface area (Å²) in [6.07, 6.45) is 0. The summed E-state index contributed by atoms with van der Waals surface area (Å²) < 4.78 is 0. The normalized spacial score (nSPS) is 19.8. The number of likely N-dealkylation sites (tertiary alicyclic amines) is 1. The van der Waals surface area contributed by atoms with Crippen molar-refractivity contribution in [3.63, 3.8) is 0 Å². The van der Waals surface area contributed by atoms with Gasteiger partial charge in [-0.15, -0.1) is 0 Å². The zero-order valence-electron chi connectivity index (χ0n) is 9.78. The number of hydrogen-bond acceptors (Lipinski definition) is 2. The van der Waals surface area contributed by atoms with Gasteiger partial charge in [0.15, 0.2) is 0 Å². The minimum absolute atomic E-state index is 0.315. The molecule has 1 aliphatic rings. The monoisotopic (exact) mass is 239 g/mol. The molecular weight excluding hydrogens is 222 g/mol. The average molecular weight is 240 g/mol. The standard InChI is InChI=1S/C13H18ClNO/c1-10(2)13(16)8-15(9-13)7-11-5-3-4-6-12(11)14/h3-6,10,16H,7-9H2,1-2H3. The number of halogens is 1. The van der Waals surface area contributed by atoms with Gasteiger partial charge >= 0.3 is 0 Å². The number of nitrogens with zero attached hydrogens (tertiary/aromatic N) is 1. The Labute approximate surface area is 102 Å². The summed E-state index contributed by atoms with van der Waals surface area (Å²) in [6, 6.07) is 7.88. The van der Waals surface area contributed by atoms with E-state index < -0.39 is 5.60 Å². The second kappa shape index (κ2) is 4.36. The van der Waals surface area contributed by atoms with E-state index in [1.165, 1.54) is 0 Å². The van der Waals surface area contributed by atoms with Crippen molar-refractivity contribution in [2.75, 3.05) is 13.1 Å². The van der Waals surface area contributed by atoms with E-state index in [1.54, 1.807) is 0 Å². The molecule has 3 heteroatoms. The summed E-state index contributed by atoms with van der Waals surface area (Å²) in [5.41, 5.74) is 0.635. The minimum atomic E-state index is -0.499. The molecule has 0 amide bonds. The number of aliphatic hydroxyl groups is 1. The third kappa shape index (κ3) is 2.24. The van der Waals surface area contributed by atoms with Gasteiger partial charge in [0.2, 0.25) is 0 Å². The molecule has 2 nitrogen and oxygen atoms in total. The lowest BCUT2D eigenvalue weighted by Gasteiger charge is -2.49. The summed E-state index contributed by atoms with van der Waals surface area (Å²) >= 11 is 6.09. The van der Waals surface area contributed by atoms with Crippen LogP contribution in [0.2, 0.25) is 5.02 Å². The van der Waals surface area contributed by atoms with Crippen molar-refractivity contribution in [1.29, 1.82) is 0 Å². The highest BCUT2D eigenvalue weighted by molar-refractivity contribution is 6.31. The molecule has 0 aromatic heterocycles. The fourth-order valence-electron chi connectivity index (χ4n) is 2.07. The molecule has 2 rings (SSSR count). The average Bonchev–Trinajstić information content (AvgIpc) is 2.18. The van der Waals surface area contributed by atoms with Gasteiger partial charge in [0.25, 0.3) is 0 Å². The Hall–Kier alpha value is -0.570. The van der Waals surface area contributed by atoms with Crippen molar-refractivity contribution in [2.24, 2.45) is 5.92 Å². The third-order valence-electron chi connectivity index (χ3n) is 3.42. The zero-order chi connectivity index (χ0) is 11.8. The Balaban J connectivity index is 1.93. The second-order valence-corrected chi connectivity index (χ2v) is 5.40. The molecule has 0 radical (unpaired) electrons. The Morgan fingerprint density at radius 1 is 1.38 bits per heavy atom. The van der Waals surface area contributed by atoms with Crippen LogP contribution >= 0.6 is 11.6 Å². The fraction of sp³-hybridized carbons (Fsp3) is 0.538. The molecule has 1 aromatic rings. The summed E-state index contributed by atoms with van der Waals surface area (Å²) in [6.45, 7) is 6.44. The molecule has 88 valence electrons. The molecule has 1 fully saturated rings. The van der Waals surface area contributed by atoms with Crippen molar-refractivity contribution in [1.82, 2.24) is 4.90 Å². The molecule has 0 aliphatic carbocycles. The Bertz CT molecular complexity index is 372. The van der Waals surface area contributed by atoms with Crippen LogP contribution in [0.25, 0.3) is 0 Å². The maximum absolute atomic E-state index is 10.1. The van der Waals surface area contributed by atoms with Gasteiger partial charge in [-0.3, -0.25) is 4.90 Å². The number of rotatable bonds is 3. The van der Waals surface area contributed by atoms with Crippen molar-refractivity contribution in [2.45, 2.75) is 26.0 Å². The first-order chi connectivity index (χ1) is 7.51. The molecule has 16 heavy (non-hydrogen) atoms. The lowest BCUT2D eigenvalue weighted by Crippen LogP contribution is -2.63. The van der Waals surface area contributed by atoms with Crippen molar-refractivity contribution >= 4 is 11.6 Å². The molecule has 0 bridgehead atoms. The predicted molar refractivity (Wildman–Crippen MR) is 66.5 cm³/mol. The van der Waals surface area contributed by atoms with E-state index in [1.807, 2.05) is 24.3 Å². The minimum Gasteiger partial charge on any atom is -0.387 e. The molecular formula is C13H18ClNO. The number of hydrogen-bond donors (Lipinski definition) is 1. The molecule has 0 saturated carbocycles. The Morgan fingerprint density at radius 3 is 2.56 bits per heavy atom. The first-order valence-corrected chi connectivity index (χ1v) is 6.07. The van der Waals surface area contributed by atoms with Crippen molar-refractivity contribution < 1.29 is 5.11 Å². The fourth-order valence-corrected chi connectivity index (χ4v) is 2.27. The lowest BCUT2D eigenvalue weighted by atomic mass is 9.83. The van der Waals surface area contributed by atoms with Crippen LogP contribution in [0.1, 0.15) is 19.4 Å². The summed E-state index contributed by atoms with van der Waals surface area (Å²) in [5.74, 6) is 0.315. The topological polar surface area (TPSA) is 23.5 Å². The van der Waals surface area contributed by atoms with Gasteiger partial charge in [-0.1, -0.05) is 43.6 Å². The van der Waals surface area contributed by atoms with Crippen LogP contribution in [0.4, 0.5) is 0 Å². The molecule has 1 heterocycles. The smallest absolute Gasteiger partial charge is 0.0923 e. The van der Waals surface area contributed by atoms with Crippen LogP contribution in [0.3, 0.4) is 0 Å². The SMILES string of the molecule is CC(C)C1(O)CN(Cc2ccccc2Cl)C1. The largest absolute Gasteiger partial charge is 0.387 e. The highest BCUT2D eigenvalue weighted by atomic mass is 35.5. The maximum atomic E-state index is 10.1. The zero-order valence-corrected chi connectivity index (χ0v) is 10.5. The third-order valence-corrected chi connectivity index (χ3v) is 3.79.